The van der Waals surface area contributed by atoms with Crippen LogP contribution in [0.15, 0.2) is 17.5 Å². The molecule has 1 saturated carbocycles. The first-order valence-corrected chi connectivity index (χ1v) is 8.09. The Labute approximate surface area is 119 Å². The first kappa shape index (κ1) is 13.1. The highest BCUT2D eigenvalue weighted by atomic mass is 32.1. The number of hydrogen-bond acceptors (Lipinski definition) is 3. The molecule has 1 aromatic heterocycles. The molecule has 1 saturated heterocycles. The molecule has 1 amide bonds. The van der Waals surface area contributed by atoms with E-state index in [1.807, 2.05) is 0 Å². The summed E-state index contributed by atoms with van der Waals surface area (Å²) in [4.78, 5) is 16.1. The lowest BCUT2D eigenvalue weighted by molar-refractivity contribution is -0.133. The summed E-state index contributed by atoms with van der Waals surface area (Å²) >= 11 is 1.73. The number of carbonyl (C=O) groups excluding carboxylic acids is 1. The fraction of sp³-hybridized carbons (Fsp3) is 0.667. The molecule has 3 nitrogen and oxygen atoms in total. The molecule has 19 heavy (non-hydrogen) atoms. The first-order chi connectivity index (χ1) is 9.09. The second-order valence-corrected chi connectivity index (χ2v) is 7.11. The molecule has 3 rings (SSSR count). The average Bonchev–Trinajstić information content (AvgIpc) is 2.96. The summed E-state index contributed by atoms with van der Waals surface area (Å²) in [6.45, 7) is 6.44. The minimum Gasteiger partial charge on any atom is -0.318 e. The number of carbonyl (C=O) groups is 1. The van der Waals surface area contributed by atoms with E-state index in [0.717, 1.165) is 0 Å². The highest BCUT2D eigenvalue weighted by Crippen LogP contribution is 2.41. The Balaban J connectivity index is 1.89. The largest absolute Gasteiger partial charge is 0.318 e. The smallest absolute Gasteiger partial charge is 0.241 e. The predicted molar refractivity (Wildman–Crippen MR) is 77.9 cm³/mol. The number of nitrogens with zero attached hydrogens (tertiary/aromatic N) is 1. The van der Waals surface area contributed by atoms with Crippen LogP contribution in [0.2, 0.25) is 0 Å². The number of rotatable bonds is 4. The lowest BCUT2D eigenvalue weighted by Crippen LogP contribution is -2.40. The lowest BCUT2D eigenvalue weighted by Gasteiger charge is -2.30. The van der Waals surface area contributed by atoms with Crippen molar-refractivity contribution in [1.29, 1.82) is 0 Å². The van der Waals surface area contributed by atoms with Crippen molar-refractivity contribution in [2.24, 2.45) is 11.8 Å². The predicted octanol–water partition coefficient (Wildman–Crippen LogP) is 3.00. The van der Waals surface area contributed by atoms with Crippen molar-refractivity contribution in [1.82, 2.24) is 10.2 Å². The van der Waals surface area contributed by atoms with Crippen molar-refractivity contribution in [3.8, 4) is 0 Å². The summed E-state index contributed by atoms with van der Waals surface area (Å²) in [5, 5.41) is 5.63. The van der Waals surface area contributed by atoms with Crippen molar-refractivity contribution in [2.45, 2.75) is 51.9 Å². The normalized spacial score (nSPS) is 29.3. The Morgan fingerprint density at radius 2 is 2.11 bits per heavy atom. The summed E-state index contributed by atoms with van der Waals surface area (Å²) in [6, 6.07) is 4.52. The molecular weight excluding hydrogens is 256 g/mol. The topological polar surface area (TPSA) is 32.3 Å². The molecule has 104 valence electrons. The fourth-order valence-electron chi connectivity index (χ4n) is 2.99. The molecule has 0 aromatic carbocycles. The van der Waals surface area contributed by atoms with Gasteiger partial charge in [-0.05, 0) is 43.0 Å². The summed E-state index contributed by atoms with van der Waals surface area (Å²) in [5.74, 6) is 1.33. The van der Waals surface area contributed by atoms with E-state index in [1.165, 1.54) is 17.7 Å². The van der Waals surface area contributed by atoms with Gasteiger partial charge in [-0.3, -0.25) is 10.1 Å². The van der Waals surface area contributed by atoms with Crippen LogP contribution in [0, 0.1) is 11.8 Å². The first-order valence-electron chi connectivity index (χ1n) is 7.21. The third-order valence-electron chi connectivity index (χ3n) is 4.36. The van der Waals surface area contributed by atoms with Gasteiger partial charge in [0.15, 0.2) is 0 Å². The van der Waals surface area contributed by atoms with E-state index in [2.05, 4.69) is 48.5 Å². The van der Waals surface area contributed by atoms with Gasteiger partial charge in [0.2, 0.25) is 5.91 Å². The maximum absolute atomic E-state index is 12.7. The van der Waals surface area contributed by atoms with Gasteiger partial charge >= 0.3 is 0 Å². The summed E-state index contributed by atoms with van der Waals surface area (Å²) in [7, 11) is 0. The summed E-state index contributed by atoms with van der Waals surface area (Å²) in [6.07, 6.45) is 2.62. The molecule has 0 radical (unpaired) electrons. The van der Waals surface area contributed by atoms with Gasteiger partial charge in [-0.15, -0.1) is 11.3 Å². The maximum atomic E-state index is 12.7. The van der Waals surface area contributed by atoms with Gasteiger partial charge < -0.3 is 4.90 Å². The Kier molecular flexibility index (Phi) is 3.39. The highest BCUT2D eigenvalue weighted by Gasteiger charge is 2.46. The molecule has 1 aromatic rings. The number of thiophene rings is 1. The van der Waals surface area contributed by atoms with Gasteiger partial charge in [0, 0.05) is 10.9 Å². The van der Waals surface area contributed by atoms with Crippen LogP contribution >= 0.6 is 11.3 Å². The SMILES string of the molecule is CC(C)C1NC(c2cccs2)N(C(C)C2CC2)C1=O. The van der Waals surface area contributed by atoms with Crippen molar-refractivity contribution < 1.29 is 4.79 Å². The van der Waals surface area contributed by atoms with Crippen molar-refractivity contribution in [3.05, 3.63) is 22.4 Å². The molecular formula is C15H22N2OS. The van der Waals surface area contributed by atoms with Gasteiger partial charge in [0.1, 0.15) is 6.17 Å². The maximum Gasteiger partial charge on any atom is 0.241 e. The third kappa shape index (κ3) is 2.32. The average molecular weight is 278 g/mol. The molecule has 0 bridgehead atoms. The monoisotopic (exact) mass is 278 g/mol. The van der Waals surface area contributed by atoms with E-state index >= 15 is 0 Å². The Hall–Kier alpha value is -0.870. The minimum absolute atomic E-state index is 0.0340. The van der Waals surface area contributed by atoms with Crippen LogP contribution in [-0.2, 0) is 4.79 Å². The van der Waals surface area contributed by atoms with Gasteiger partial charge in [0.25, 0.3) is 0 Å². The summed E-state index contributed by atoms with van der Waals surface area (Å²) < 4.78 is 0. The minimum atomic E-state index is -0.0340. The number of amides is 1. The standard InChI is InChI=1S/C15H22N2OS/c1-9(2)13-15(18)17(10(3)11-6-7-11)14(16-13)12-5-4-8-19-12/h4-5,8-11,13-14,16H,6-7H2,1-3H3. The van der Waals surface area contributed by atoms with Gasteiger partial charge in [0.05, 0.1) is 6.04 Å². The van der Waals surface area contributed by atoms with Crippen LogP contribution in [0.25, 0.3) is 0 Å². The lowest BCUT2D eigenvalue weighted by atomic mass is 10.0. The Bertz CT molecular complexity index is 453. The van der Waals surface area contributed by atoms with Gasteiger partial charge in [-0.25, -0.2) is 0 Å². The van der Waals surface area contributed by atoms with E-state index < -0.39 is 0 Å². The van der Waals surface area contributed by atoms with Gasteiger partial charge in [-0.1, -0.05) is 19.9 Å². The summed E-state index contributed by atoms with van der Waals surface area (Å²) in [5.41, 5.74) is 0. The molecule has 3 unspecified atom stereocenters. The van der Waals surface area contributed by atoms with Crippen molar-refractivity contribution in [3.63, 3.8) is 0 Å². The number of nitrogens with one attached hydrogen (secondary N) is 1. The zero-order valence-corrected chi connectivity index (χ0v) is 12.6. The Morgan fingerprint density at radius 3 is 2.63 bits per heavy atom. The second kappa shape index (κ2) is 4.91. The van der Waals surface area contributed by atoms with Crippen molar-refractivity contribution in [2.75, 3.05) is 0 Å². The molecule has 2 fully saturated rings. The molecule has 3 atom stereocenters. The van der Waals surface area contributed by atoms with E-state index in [9.17, 15) is 4.79 Å². The molecule has 1 N–H and O–H groups in total. The molecule has 1 aliphatic carbocycles. The molecule has 2 aliphatic rings. The number of hydrogen-bond donors (Lipinski definition) is 1. The van der Waals surface area contributed by atoms with Crippen LogP contribution in [0.1, 0.15) is 44.7 Å². The fourth-order valence-corrected chi connectivity index (χ4v) is 3.78. The zero-order valence-electron chi connectivity index (χ0n) is 11.8. The van der Waals surface area contributed by atoms with E-state index in [-0.39, 0.29) is 18.1 Å². The van der Waals surface area contributed by atoms with Crippen LogP contribution in [0.4, 0.5) is 0 Å². The van der Waals surface area contributed by atoms with Gasteiger partial charge in [-0.2, -0.15) is 0 Å². The van der Waals surface area contributed by atoms with Crippen LogP contribution < -0.4 is 5.32 Å². The second-order valence-electron chi connectivity index (χ2n) is 6.13. The van der Waals surface area contributed by atoms with E-state index in [4.69, 9.17) is 0 Å². The molecule has 1 aliphatic heterocycles. The van der Waals surface area contributed by atoms with E-state index in [1.54, 1.807) is 11.3 Å². The third-order valence-corrected chi connectivity index (χ3v) is 5.28. The van der Waals surface area contributed by atoms with Crippen LogP contribution in [-0.4, -0.2) is 22.9 Å². The molecule has 0 spiro atoms. The van der Waals surface area contributed by atoms with E-state index in [0.29, 0.717) is 17.9 Å². The zero-order chi connectivity index (χ0) is 13.6. The highest BCUT2D eigenvalue weighted by molar-refractivity contribution is 7.10. The molecule has 2 heterocycles. The van der Waals surface area contributed by atoms with Crippen LogP contribution in [0.3, 0.4) is 0 Å². The Morgan fingerprint density at radius 1 is 1.37 bits per heavy atom. The van der Waals surface area contributed by atoms with Crippen molar-refractivity contribution >= 4 is 17.2 Å². The molecule has 4 heteroatoms. The van der Waals surface area contributed by atoms with Crippen LogP contribution in [0.5, 0.6) is 0 Å². The quantitative estimate of drug-likeness (QED) is 0.918.